The van der Waals surface area contributed by atoms with Crippen molar-refractivity contribution in [1.82, 2.24) is 9.97 Å². The molecule has 0 aliphatic carbocycles. The molecule has 0 aliphatic rings. The summed E-state index contributed by atoms with van der Waals surface area (Å²) in [6.07, 6.45) is 0. The fraction of sp³-hybridized carbons (Fsp3) is 0.190. The van der Waals surface area contributed by atoms with Crippen molar-refractivity contribution < 1.29 is 14.3 Å². The van der Waals surface area contributed by atoms with Gasteiger partial charge in [-0.1, -0.05) is 42.5 Å². The summed E-state index contributed by atoms with van der Waals surface area (Å²) in [5.41, 5.74) is 3.15. The molecule has 3 aromatic rings. The first-order valence-corrected chi connectivity index (χ1v) is 8.39. The van der Waals surface area contributed by atoms with Crippen LogP contribution in [0.25, 0.3) is 22.6 Å². The van der Waals surface area contributed by atoms with E-state index < -0.39 is 5.97 Å². The SMILES string of the molecule is CCOC(=O)c1c(C)nc(-c2ccccc2)nc1-c1cccc(OC)c1. The summed E-state index contributed by atoms with van der Waals surface area (Å²) in [6, 6.07) is 17.1. The first-order chi connectivity index (χ1) is 12.6. The second-order valence-electron chi connectivity index (χ2n) is 5.67. The van der Waals surface area contributed by atoms with Gasteiger partial charge in [0.25, 0.3) is 0 Å². The fourth-order valence-corrected chi connectivity index (χ4v) is 2.72. The predicted molar refractivity (Wildman–Crippen MR) is 100 cm³/mol. The van der Waals surface area contributed by atoms with E-state index in [-0.39, 0.29) is 6.61 Å². The molecule has 26 heavy (non-hydrogen) atoms. The van der Waals surface area contributed by atoms with Gasteiger partial charge in [-0.15, -0.1) is 0 Å². The molecule has 5 nitrogen and oxygen atoms in total. The Morgan fingerprint density at radius 3 is 2.42 bits per heavy atom. The molecule has 0 unspecified atom stereocenters. The maximum atomic E-state index is 12.5. The van der Waals surface area contributed by atoms with Gasteiger partial charge in [0.1, 0.15) is 11.3 Å². The Kier molecular flexibility index (Phi) is 5.27. The van der Waals surface area contributed by atoms with E-state index in [1.807, 2.05) is 54.6 Å². The Bertz CT molecular complexity index is 924. The lowest BCUT2D eigenvalue weighted by molar-refractivity contribution is 0.0525. The number of aryl methyl sites for hydroxylation is 1. The van der Waals surface area contributed by atoms with Crippen LogP contribution >= 0.6 is 0 Å². The highest BCUT2D eigenvalue weighted by atomic mass is 16.5. The fourth-order valence-electron chi connectivity index (χ4n) is 2.72. The molecular formula is C21H20N2O3. The van der Waals surface area contributed by atoms with Gasteiger partial charge in [0.05, 0.1) is 25.1 Å². The molecule has 0 saturated heterocycles. The number of aromatic nitrogens is 2. The molecule has 0 bridgehead atoms. The lowest BCUT2D eigenvalue weighted by atomic mass is 10.0. The average Bonchev–Trinajstić information content (AvgIpc) is 2.68. The smallest absolute Gasteiger partial charge is 0.342 e. The molecule has 3 rings (SSSR count). The lowest BCUT2D eigenvalue weighted by Gasteiger charge is -2.13. The minimum absolute atomic E-state index is 0.288. The third-order valence-electron chi connectivity index (χ3n) is 3.94. The molecule has 2 aromatic carbocycles. The van der Waals surface area contributed by atoms with Crippen molar-refractivity contribution in [3.05, 3.63) is 65.9 Å². The Hall–Kier alpha value is -3.21. The quantitative estimate of drug-likeness (QED) is 0.643. The molecule has 0 amide bonds. The van der Waals surface area contributed by atoms with E-state index in [0.717, 1.165) is 11.1 Å². The molecule has 0 atom stereocenters. The number of esters is 1. The van der Waals surface area contributed by atoms with Crippen molar-refractivity contribution in [3.63, 3.8) is 0 Å². The first kappa shape index (κ1) is 17.6. The summed E-state index contributed by atoms with van der Waals surface area (Å²) >= 11 is 0. The van der Waals surface area contributed by atoms with E-state index in [2.05, 4.69) is 9.97 Å². The number of hydrogen-bond donors (Lipinski definition) is 0. The van der Waals surface area contributed by atoms with E-state index in [1.165, 1.54) is 0 Å². The Morgan fingerprint density at radius 2 is 1.73 bits per heavy atom. The van der Waals surface area contributed by atoms with Crippen LogP contribution in [0.15, 0.2) is 54.6 Å². The standard InChI is InChI=1S/C21H20N2O3/c1-4-26-21(24)18-14(2)22-20(15-9-6-5-7-10-15)23-19(18)16-11-8-12-17(13-16)25-3/h5-13H,4H2,1-3H3. The second-order valence-corrected chi connectivity index (χ2v) is 5.67. The van der Waals surface area contributed by atoms with Crippen molar-refractivity contribution in [2.75, 3.05) is 13.7 Å². The van der Waals surface area contributed by atoms with Crippen LogP contribution < -0.4 is 4.74 Å². The second kappa shape index (κ2) is 7.78. The Balaban J connectivity index is 2.23. The van der Waals surface area contributed by atoms with Crippen LogP contribution in [0.3, 0.4) is 0 Å². The van der Waals surface area contributed by atoms with E-state index in [4.69, 9.17) is 9.47 Å². The Labute approximate surface area is 152 Å². The van der Waals surface area contributed by atoms with E-state index >= 15 is 0 Å². The lowest BCUT2D eigenvalue weighted by Crippen LogP contribution is -2.12. The highest BCUT2D eigenvalue weighted by Crippen LogP contribution is 2.29. The minimum Gasteiger partial charge on any atom is -0.497 e. The van der Waals surface area contributed by atoms with Gasteiger partial charge in [0.2, 0.25) is 0 Å². The summed E-state index contributed by atoms with van der Waals surface area (Å²) < 4.78 is 10.5. The van der Waals surface area contributed by atoms with E-state index in [9.17, 15) is 4.79 Å². The van der Waals surface area contributed by atoms with Crippen LogP contribution in [-0.2, 0) is 4.74 Å². The average molecular weight is 348 g/mol. The number of hydrogen-bond acceptors (Lipinski definition) is 5. The van der Waals surface area contributed by atoms with Crippen LogP contribution in [0, 0.1) is 6.92 Å². The number of benzene rings is 2. The number of rotatable bonds is 5. The monoisotopic (exact) mass is 348 g/mol. The molecule has 5 heteroatoms. The van der Waals surface area contributed by atoms with Crippen molar-refractivity contribution in [1.29, 1.82) is 0 Å². The summed E-state index contributed by atoms with van der Waals surface area (Å²) in [7, 11) is 1.60. The summed E-state index contributed by atoms with van der Waals surface area (Å²) in [6.45, 7) is 3.86. The van der Waals surface area contributed by atoms with Crippen molar-refractivity contribution >= 4 is 5.97 Å². The number of nitrogens with zero attached hydrogens (tertiary/aromatic N) is 2. The Morgan fingerprint density at radius 1 is 1.00 bits per heavy atom. The number of carbonyl (C=O) groups is 1. The van der Waals surface area contributed by atoms with Crippen LogP contribution in [0.5, 0.6) is 5.75 Å². The van der Waals surface area contributed by atoms with Crippen LogP contribution in [0.1, 0.15) is 23.0 Å². The van der Waals surface area contributed by atoms with Crippen molar-refractivity contribution in [2.24, 2.45) is 0 Å². The predicted octanol–water partition coefficient (Wildman–Crippen LogP) is 4.30. The molecular weight excluding hydrogens is 328 g/mol. The molecule has 1 aromatic heterocycles. The zero-order chi connectivity index (χ0) is 18.5. The zero-order valence-electron chi connectivity index (χ0n) is 15.0. The van der Waals surface area contributed by atoms with Gasteiger partial charge in [-0.3, -0.25) is 0 Å². The maximum absolute atomic E-state index is 12.5. The highest BCUT2D eigenvalue weighted by Gasteiger charge is 2.21. The molecule has 0 radical (unpaired) electrons. The van der Waals surface area contributed by atoms with Gasteiger partial charge >= 0.3 is 5.97 Å². The number of carbonyl (C=O) groups excluding carboxylic acids is 1. The third kappa shape index (κ3) is 3.57. The molecule has 132 valence electrons. The molecule has 0 N–H and O–H groups in total. The first-order valence-electron chi connectivity index (χ1n) is 8.39. The molecule has 1 heterocycles. The largest absolute Gasteiger partial charge is 0.497 e. The van der Waals surface area contributed by atoms with Crippen LogP contribution in [-0.4, -0.2) is 29.7 Å². The van der Waals surface area contributed by atoms with Crippen LogP contribution in [0.4, 0.5) is 0 Å². The zero-order valence-corrected chi connectivity index (χ0v) is 15.0. The summed E-state index contributed by atoms with van der Waals surface area (Å²) in [5, 5.41) is 0. The normalized spacial score (nSPS) is 10.4. The van der Waals surface area contributed by atoms with E-state index in [1.54, 1.807) is 21.0 Å². The summed E-state index contributed by atoms with van der Waals surface area (Å²) in [5.74, 6) is 0.825. The minimum atomic E-state index is -0.428. The van der Waals surface area contributed by atoms with Gasteiger partial charge < -0.3 is 9.47 Å². The topological polar surface area (TPSA) is 61.3 Å². The van der Waals surface area contributed by atoms with Gasteiger partial charge in [-0.25, -0.2) is 14.8 Å². The molecule has 0 saturated carbocycles. The number of methoxy groups -OCH3 is 1. The van der Waals surface area contributed by atoms with E-state index in [0.29, 0.717) is 28.5 Å². The third-order valence-corrected chi connectivity index (χ3v) is 3.94. The van der Waals surface area contributed by atoms with Crippen LogP contribution in [0.2, 0.25) is 0 Å². The molecule has 0 spiro atoms. The maximum Gasteiger partial charge on any atom is 0.342 e. The van der Waals surface area contributed by atoms with Crippen molar-refractivity contribution in [3.8, 4) is 28.4 Å². The van der Waals surface area contributed by atoms with Gasteiger partial charge in [0.15, 0.2) is 5.82 Å². The number of ether oxygens (including phenoxy) is 2. The molecule has 0 fully saturated rings. The highest BCUT2D eigenvalue weighted by molar-refractivity contribution is 5.97. The summed E-state index contributed by atoms with van der Waals surface area (Å²) in [4.78, 5) is 21.7. The van der Waals surface area contributed by atoms with Gasteiger partial charge in [0, 0.05) is 11.1 Å². The van der Waals surface area contributed by atoms with Crippen molar-refractivity contribution in [2.45, 2.75) is 13.8 Å². The van der Waals surface area contributed by atoms with Gasteiger partial charge in [-0.2, -0.15) is 0 Å². The molecule has 0 aliphatic heterocycles. The van der Waals surface area contributed by atoms with Gasteiger partial charge in [-0.05, 0) is 26.0 Å².